The van der Waals surface area contributed by atoms with E-state index in [-0.39, 0.29) is 52.6 Å². The number of halogens is 2. The lowest BCUT2D eigenvalue weighted by atomic mass is 9.44. The maximum atomic E-state index is 12.3. The van der Waals surface area contributed by atoms with Crippen molar-refractivity contribution >= 4 is 35.0 Å². The summed E-state index contributed by atoms with van der Waals surface area (Å²) in [5, 5.41) is 6.00. The summed E-state index contributed by atoms with van der Waals surface area (Å²) in [5.41, 5.74) is 2.26. The maximum absolute atomic E-state index is 12.3. The summed E-state index contributed by atoms with van der Waals surface area (Å²) in [6, 6.07) is 0. The van der Waals surface area contributed by atoms with Gasteiger partial charge in [0.15, 0.2) is 6.10 Å². The summed E-state index contributed by atoms with van der Waals surface area (Å²) in [5.74, 6) is -0.259. The summed E-state index contributed by atoms with van der Waals surface area (Å²) in [6.07, 6.45) is 4.18. The van der Waals surface area contributed by atoms with Crippen LogP contribution in [-0.2, 0) is 23.9 Å². The average molecular weight is 436 g/mol. The average Bonchev–Trinajstić information content (AvgIpc) is 3.09. The molecule has 5 unspecified atom stereocenters. The summed E-state index contributed by atoms with van der Waals surface area (Å²) >= 11 is 12.3. The zero-order valence-corrected chi connectivity index (χ0v) is 17.4. The fourth-order valence-electron chi connectivity index (χ4n) is 4.87. The standard InChI is InChI=1S/C18H27Cl2N3O5/c1-26-15-5-13(28-23-15)16(25)22-18-7-17(8-18,9-18)21-14(24)6-27-10-2-3-11(19)12(20)4-10/h10-13,15,23H,2-9H2,1H3,(H,21,24)(H,22,25). The molecule has 0 spiro atoms. The fraction of sp³-hybridized carbons (Fsp3) is 0.889. The van der Waals surface area contributed by atoms with Crippen molar-refractivity contribution < 1.29 is 23.9 Å². The molecule has 2 bridgehead atoms. The largest absolute Gasteiger partial charge is 0.368 e. The van der Waals surface area contributed by atoms with Crippen LogP contribution in [0.4, 0.5) is 0 Å². The smallest absolute Gasteiger partial charge is 0.251 e. The van der Waals surface area contributed by atoms with Crippen LogP contribution in [0.3, 0.4) is 0 Å². The van der Waals surface area contributed by atoms with Crippen LogP contribution >= 0.6 is 23.2 Å². The van der Waals surface area contributed by atoms with Crippen LogP contribution in [-0.4, -0.2) is 65.8 Å². The number of alkyl halides is 2. The highest BCUT2D eigenvalue weighted by Crippen LogP contribution is 2.60. The van der Waals surface area contributed by atoms with Crippen molar-refractivity contribution in [1.82, 2.24) is 16.1 Å². The minimum Gasteiger partial charge on any atom is -0.368 e. The highest BCUT2D eigenvalue weighted by atomic mass is 35.5. The van der Waals surface area contributed by atoms with Crippen molar-refractivity contribution in [2.75, 3.05) is 13.7 Å². The van der Waals surface area contributed by atoms with Gasteiger partial charge in [-0.1, -0.05) is 0 Å². The van der Waals surface area contributed by atoms with Gasteiger partial charge in [-0.05, 0) is 38.5 Å². The lowest BCUT2D eigenvalue weighted by Crippen LogP contribution is -2.84. The van der Waals surface area contributed by atoms with Gasteiger partial charge in [-0.15, -0.1) is 23.2 Å². The molecule has 3 N–H and O–H groups in total. The van der Waals surface area contributed by atoms with Gasteiger partial charge in [-0.2, -0.15) is 5.48 Å². The molecule has 1 saturated heterocycles. The van der Waals surface area contributed by atoms with Crippen LogP contribution in [0.5, 0.6) is 0 Å². The summed E-state index contributed by atoms with van der Waals surface area (Å²) in [7, 11) is 1.56. The van der Waals surface area contributed by atoms with E-state index in [4.69, 9.17) is 37.5 Å². The molecule has 0 aromatic heterocycles. The number of amides is 2. The molecule has 5 aliphatic rings. The van der Waals surface area contributed by atoms with Gasteiger partial charge in [0.2, 0.25) is 5.91 Å². The Kier molecular flexibility index (Phi) is 5.81. The minimum atomic E-state index is -0.549. The number of nitrogens with one attached hydrogen (secondary N) is 3. The molecule has 0 aromatic rings. The summed E-state index contributed by atoms with van der Waals surface area (Å²) in [6.45, 7) is 0.0301. The van der Waals surface area contributed by atoms with Crippen LogP contribution in [0.15, 0.2) is 0 Å². The first-order valence-electron chi connectivity index (χ1n) is 9.79. The molecule has 5 atom stereocenters. The zero-order valence-electron chi connectivity index (χ0n) is 15.8. The Morgan fingerprint density at radius 3 is 2.46 bits per heavy atom. The molecule has 0 aromatic carbocycles. The van der Waals surface area contributed by atoms with Gasteiger partial charge in [-0.3, -0.25) is 14.4 Å². The van der Waals surface area contributed by atoms with Crippen molar-refractivity contribution in [3.05, 3.63) is 0 Å². The Labute approximate surface area is 174 Å². The van der Waals surface area contributed by atoms with E-state index in [1.54, 1.807) is 7.11 Å². The van der Waals surface area contributed by atoms with E-state index in [1.807, 2.05) is 0 Å². The molecule has 1 aliphatic heterocycles. The van der Waals surface area contributed by atoms with E-state index in [2.05, 4.69) is 16.1 Å². The van der Waals surface area contributed by atoms with Crippen molar-refractivity contribution in [2.24, 2.45) is 0 Å². The third-order valence-electron chi connectivity index (χ3n) is 6.27. The number of ether oxygens (including phenoxy) is 2. The van der Waals surface area contributed by atoms with Gasteiger partial charge in [0.25, 0.3) is 5.91 Å². The predicted octanol–water partition coefficient (Wildman–Crippen LogP) is 0.944. The number of rotatable bonds is 7. The van der Waals surface area contributed by atoms with Crippen molar-refractivity contribution in [2.45, 2.75) is 85.2 Å². The Balaban J connectivity index is 1.15. The van der Waals surface area contributed by atoms with Crippen molar-refractivity contribution in [3.8, 4) is 0 Å². The highest BCUT2D eigenvalue weighted by molar-refractivity contribution is 6.30. The molecule has 28 heavy (non-hydrogen) atoms. The molecular formula is C18H27Cl2N3O5. The normalized spacial score (nSPS) is 44.3. The van der Waals surface area contributed by atoms with E-state index in [1.165, 1.54) is 0 Å². The van der Waals surface area contributed by atoms with Crippen molar-refractivity contribution in [3.63, 3.8) is 0 Å². The SMILES string of the molecule is COC1CC(C(=O)NC23CC(NC(=O)COC4CCC(Cl)C(Cl)C4)(C2)C3)ON1. The number of hydroxylamine groups is 1. The molecule has 10 heteroatoms. The first-order chi connectivity index (χ1) is 13.3. The van der Waals surface area contributed by atoms with Gasteiger partial charge in [0, 0.05) is 24.6 Å². The number of carbonyl (C=O) groups is 2. The van der Waals surface area contributed by atoms with E-state index in [0.29, 0.717) is 12.8 Å². The first-order valence-corrected chi connectivity index (χ1v) is 10.7. The Bertz CT molecular complexity index is 617. The third-order valence-corrected chi connectivity index (χ3v) is 7.40. The van der Waals surface area contributed by atoms with E-state index in [0.717, 1.165) is 32.1 Å². The van der Waals surface area contributed by atoms with E-state index in [9.17, 15) is 9.59 Å². The number of hydrogen-bond acceptors (Lipinski definition) is 6. The first kappa shape index (κ1) is 20.6. The molecule has 5 rings (SSSR count). The lowest BCUT2D eigenvalue weighted by Gasteiger charge is -2.70. The van der Waals surface area contributed by atoms with Crippen LogP contribution in [0, 0.1) is 0 Å². The quantitative estimate of drug-likeness (QED) is 0.514. The topological polar surface area (TPSA) is 97.9 Å². The minimum absolute atomic E-state index is 0.0159. The second-order valence-electron chi connectivity index (χ2n) is 8.59. The fourth-order valence-corrected chi connectivity index (χ4v) is 5.42. The van der Waals surface area contributed by atoms with E-state index < -0.39 is 6.10 Å². The molecule has 5 fully saturated rings. The Morgan fingerprint density at radius 2 is 1.82 bits per heavy atom. The van der Waals surface area contributed by atoms with Gasteiger partial charge >= 0.3 is 0 Å². The molecule has 1 heterocycles. The number of hydrogen-bond donors (Lipinski definition) is 3. The third kappa shape index (κ3) is 4.13. The van der Waals surface area contributed by atoms with Crippen LogP contribution < -0.4 is 16.1 Å². The molecular weight excluding hydrogens is 409 g/mol. The molecule has 4 saturated carbocycles. The monoisotopic (exact) mass is 435 g/mol. The van der Waals surface area contributed by atoms with E-state index >= 15 is 0 Å². The second-order valence-corrected chi connectivity index (χ2v) is 9.71. The summed E-state index contributed by atoms with van der Waals surface area (Å²) < 4.78 is 10.8. The zero-order chi connectivity index (χ0) is 19.9. The molecule has 0 radical (unpaired) electrons. The number of carbonyl (C=O) groups excluding carboxylic acids is 2. The van der Waals surface area contributed by atoms with Crippen LogP contribution in [0.1, 0.15) is 44.9 Å². The molecule has 8 nitrogen and oxygen atoms in total. The van der Waals surface area contributed by atoms with Gasteiger partial charge < -0.3 is 20.1 Å². The maximum Gasteiger partial charge on any atom is 0.251 e. The predicted molar refractivity (Wildman–Crippen MR) is 102 cm³/mol. The lowest BCUT2D eigenvalue weighted by molar-refractivity contribution is -0.158. The van der Waals surface area contributed by atoms with Crippen LogP contribution in [0.25, 0.3) is 0 Å². The summed E-state index contributed by atoms with van der Waals surface area (Å²) in [4.78, 5) is 29.8. The van der Waals surface area contributed by atoms with Crippen molar-refractivity contribution in [1.29, 1.82) is 0 Å². The molecule has 4 aliphatic carbocycles. The van der Waals surface area contributed by atoms with Gasteiger partial charge in [-0.25, -0.2) is 0 Å². The Morgan fingerprint density at radius 1 is 1.11 bits per heavy atom. The second kappa shape index (κ2) is 7.89. The molecule has 158 valence electrons. The number of methoxy groups -OCH3 is 1. The van der Waals surface area contributed by atoms with Gasteiger partial charge in [0.05, 0.1) is 16.9 Å². The van der Waals surface area contributed by atoms with Gasteiger partial charge in [0.1, 0.15) is 12.8 Å². The Hall–Kier alpha value is -0.640. The molecule has 2 amide bonds. The highest BCUT2D eigenvalue weighted by Gasteiger charge is 2.69. The van der Waals surface area contributed by atoms with Crippen LogP contribution in [0.2, 0.25) is 0 Å².